The fourth-order valence-corrected chi connectivity index (χ4v) is 6.42. The Bertz CT molecular complexity index is 1630. The number of methoxy groups -OCH3 is 1. The molecule has 230 valence electrons. The molecule has 0 aliphatic carbocycles. The number of halogens is 1. The first-order valence-electron chi connectivity index (χ1n) is 14.2. The predicted octanol–water partition coefficient (Wildman–Crippen LogP) is 5.82. The smallest absolute Gasteiger partial charge is 0.264 e. The molecule has 0 fully saturated rings. The van der Waals surface area contributed by atoms with Crippen molar-refractivity contribution in [3.8, 4) is 5.75 Å². The van der Waals surface area contributed by atoms with E-state index in [9.17, 15) is 18.0 Å². The van der Waals surface area contributed by atoms with E-state index in [-0.39, 0.29) is 35.5 Å². The Hall–Kier alpha value is -4.15. The zero-order valence-corrected chi connectivity index (χ0v) is 27.3. The number of sulfonamides is 1. The highest BCUT2D eigenvalue weighted by molar-refractivity contribution is 9.10. The minimum atomic E-state index is -4.17. The maximum atomic E-state index is 14.4. The molecular weight excluding hydrogens is 642 g/mol. The topological polar surface area (TPSA) is 96.0 Å². The van der Waals surface area contributed by atoms with E-state index in [4.69, 9.17) is 4.74 Å². The minimum absolute atomic E-state index is 0.0430. The summed E-state index contributed by atoms with van der Waals surface area (Å²) >= 11 is 3.45. The number of benzene rings is 4. The van der Waals surface area contributed by atoms with Gasteiger partial charge in [0.25, 0.3) is 10.0 Å². The van der Waals surface area contributed by atoms with Crippen molar-refractivity contribution >= 4 is 43.5 Å². The second-order valence-electron chi connectivity index (χ2n) is 10.5. The second-order valence-corrected chi connectivity index (χ2v) is 13.3. The summed E-state index contributed by atoms with van der Waals surface area (Å²) in [4.78, 5) is 29.7. The van der Waals surface area contributed by atoms with E-state index in [2.05, 4.69) is 21.2 Å². The highest BCUT2D eigenvalue weighted by Gasteiger charge is 2.34. The van der Waals surface area contributed by atoms with E-state index in [0.717, 1.165) is 19.9 Å². The number of hydrogen-bond donors (Lipinski definition) is 1. The van der Waals surface area contributed by atoms with Crippen molar-refractivity contribution < 1.29 is 22.7 Å². The lowest BCUT2D eigenvalue weighted by molar-refractivity contribution is -0.140. The zero-order chi connectivity index (χ0) is 31.7. The third-order valence-electron chi connectivity index (χ3n) is 6.94. The van der Waals surface area contributed by atoms with Crippen molar-refractivity contribution in [3.05, 3.63) is 125 Å². The van der Waals surface area contributed by atoms with Crippen LogP contribution in [0.25, 0.3) is 0 Å². The molecule has 0 aromatic heterocycles. The van der Waals surface area contributed by atoms with Gasteiger partial charge in [-0.1, -0.05) is 76.6 Å². The number of nitrogens with one attached hydrogen (secondary N) is 1. The van der Waals surface area contributed by atoms with Crippen LogP contribution in [0.2, 0.25) is 0 Å². The quantitative estimate of drug-likeness (QED) is 0.193. The molecule has 8 nitrogen and oxygen atoms in total. The molecule has 1 N–H and O–H groups in total. The van der Waals surface area contributed by atoms with Gasteiger partial charge in [0.2, 0.25) is 11.8 Å². The number of rotatable bonds is 13. The van der Waals surface area contributed by atoms with Crippen LogP contribution in [0.1, 0.15) is 25.0 Å². The molecule has 0 unspecified atom stereocenters. The molecule has 0 bridgehead atoms. The van der Waals surface area contributed by atoms with Crippen LogP contribution in [0.3, 0.4) is 0 Å². The van der Waals surface area contributed by atoms with E-state index in [1.165, 1.54) is 24.1 Å². The van der Waals surface area contributed by atoms with Crippen LogP contribution >= 0.6 is 15.9 Å². The maximum Gasteiger partial charge on any atom is 0.264 e. The summed E-state index contributed by atoms with van der Waals surface area (Å²) in [6.45, 7) is 3.28. The van der Waals surface area contributed by atoms with E-state index >= 15 is 0 Å². The predicted molar refractivity (Wildman–Crippen MR) is 176 cm³/mol. The summed E-state index contributed by atoms with van der Waals surface area (Å²) in [5.41, 5.74) is 1.95. The van der Waals surface area contributed by atoms with Gasteiger partial charge in [-0.25, -0.2) is 8.42 Å². The molecule has 2 amide bonds. The third kappa shape index (κ3) is 8.48. The number of amides is 2. The largest absolute Gasteiger partial charge is 0.497 e. The van der Waals surface area contributed by atoms with Gasteiger partial charge in [0, 0.05) is 23.5 Å². The summed E-state index contributed by atoms with van der Waals surface area (Å²) in [5.74, 6) is -0.304. The Balaban J connectivity index is 1.79. The van der Waals surface area contributed by atoms with Crippen molar-refractivity contribution in [2.24, 2.45) is 0 Å². The molecule has 0 saturated heterocycles. The average molecular weight is 679 g/mol. The van der Waals surface area contributed by atoms with E-state index in [1.807, 2.05) is 68.4 Å². The lowest BCUT2D eigenvalue weighted by atomic mass is 10.0. The fraction of sp³-hybridized carbons (Fsp3) is 0.235. The standard InChI is InChI=1S/C34H36BrN3O5S/c1-25(2)36-34(40)32(22-26-10-6-4-7-11-26)37(23-27-14-16-28(35)17-15-27)33(39)24-38(29-18-20-30(43-3)21-19-29)44(41,42)31-12-8-5-9-13-31/h4-21,25,32H,22-24H2,1-3H3,(H,36,40)/t32-/m1/s1. The first kappa shape index (κ1) is 32.8. The molecule has 4 aromatic carbocycles. The normalized spacial score (nSPS) is 11.9. The van der Waals surface area contributed by atoms with Crippen molar-refractivity contribution in [1.82, 2.24) is 10.2 Å². The maximum absolute atomic E-state index is 14.4. The summed E-state index contributed by atoms with van der Waals surface area (Å²) in [6, 6.07) is 30.3. The van der Waals surface area contributed by atoms with Gasteiger partial charge in [0.15, 0.2) is 0 Å². The molecule has 0 heterocycles. The Labute approximate surface area is 267 Å². The van der Waals surface area contributed by atoms with Gasteiger partial charge in [0.05, 0.1) is 17.7 Å². The number of carbonyl (C=O) groups excluding carboxylic acids is 2. The molecule has 1 atom stereocenters. The summed E-state index contributed by atoms with van der Waals surface area (Å²) in [5, 5.41) is 2.96. The Morgan fingerprint density at radius 2 is 1.41 bits per heavy atom. The lowest BCUT2D eigenvalue weighted by Gasteiger charge is -2.34. The number of carbonyl (C=O) groups is 2. The second kappa shape index (κ2) is 15.0. The first-order chi connectivity index (χ1) is 21.1. The number of hydrogen-bond acceptors (Lipinski definition) is 5. The minimum Gasteiger partial charge on any atom is -0.497 e. The summed E-state index contributed by atoms with van der Waals surface area (Å²) < 4.78 is 35.3. The zero-order valence-electron chi connectivity index (χ0n) is 24.9. The van der Waals surface area contributed by atoms with Gasteiger partial charge < -0.3 is 15.0 Å². The van der Waals surface area contributed by atoms with Gasteiger partial charge in [-0.3, -0.25) is 13.9 Å². The molecule has 44 heavy (non-hydrogen) atoms. The van der Waals surface area contributed by atoms with Gasteiger partial charge in [0.1, 0.15) is 18.3 Å². The van der Waals surface area contributed by atoms with Crippen LogP contribution in [0.5, 0.6) is 5.75 Å². The molecule has 0 aliphatic rings. The van der Waals surface area contributed by atoms with Crippen LogP contribution in [0, 0.1) is 0 Å². The molecule has 4 rings (SSSR count). The van der Waals surface area contributed by atoms with Crippen molar-refractivity contribution in [3.63, 3.8) is 0 Å². The van der Waals surface area contributed by atoms with Crippen molar-refractivity contribution in [2.45, 2.75) is 43.8 Å². The summed E-state index contributed by atoms with van der Waals surface area (Å²) in [7, 11) is -2.65. The van der Waals surface area contributed by atoms with Gasteiger partial charge in [-0.2, -0.15) is 0 Å². The highest BCUT2D eigenvalue weighted by atomic mass is 79.9. The number of ether oxygens (including phenoxy) is 1. The fourth-order valence-electron chi connectivity index (χ4n) is 4.72. The van der Waals surface area contributed by atoms with Gasteiger partial charge in [-0.05, 0) is 73.5 Å². The van der Waals surface area contributed by atoms with Gasteiger partial charge in [-0.15, -0.1) is 0 Å². The van der Waals surface area contributed by atoms with Crippen LogP contribution in [-0.4, -0.2) is 50.9 Å². The van der Waals surface area contributed by atoms with Crippen molar-refractivity contribution in [1.29, 1.82) is 0 Å². The SMILES string of the molecule is COc1ccc(N(CC(=O)N(Cc2ccc(Br)cc2)[C@H](Cc2ccccc2)C(=O)NC(C)C)S(=O)(=O)c2ccccc2)cc1. The Morgan fingerprint density at radius 1 is 0.818 bits per heavy atom. The van der Waals surface area contributed by atoms with Crippen molar-refractivity contribution in [2.75, 3.05) is 18.0 Å². The van der Waals surface area contributed by atoms with E-state index in [0.29, 0.717) is 5.75 Å². The lowest BCUT2D eigenvalue weighted by Crippen LogP contribution is -2.54. The first-order valence-corrected chi connectivity index (χ1v) is 16.4. The number of nitrogens with zero attached hydrogens (tertiary/aromatic N) is 2. The molecule has 0 spiro atoms. The Morgan fingerprint density at radius 3 is 1.98 bits per heavy atom. The van der Waals surface area contributed by atoms with Gasteiger partial charge >= 0.3 is 0 Å². The van der Waals surface area contributed by atoms with Crippen LogP contribution < -0.4 is 14.4 Å². The monoisotopic (exact) mass is 677 g/mol. The van der Waals surface area contributed by atoms with E-state index in [1.54, 1.807) is 42.5 Å². The average Bonchev–Trinajstić information content (AvgIpc) is 3.03. The van der Waals surface area contributed by atoms with Crippen LogP contribution in [-0.2, 0) is 32.6 Å². The molecular formula is C34H36BrN3O5S. The molecule has 0 aliphatic heterocycles. The molecule has 10 heteroatoms. The Kier molecular flexibility index (Phi) is 11.2. The molecule has 0 saturated carbocycles. The summed E-state index contributed by atoms with van der Waals surface area (Å²) in [6.07, 6.45) is 0.246. The molecule has 0 radical (unpaired) electrons. The van der Waals surface area contributed by atoms with E-state index < -0.39 is 28.5 Å². The van der Waals surface area contributed by atoms with Crippen LogP contribution in [0.4, 0.5) is 5.69 Å². The number of anilines is 1. The third-order valence-corrected chi connectivity index (χ3v) is 9.26. The highest BCUT2D eigenvalue weighted by Crippen LogP contribution is 2.27. The van der Waals surface area contributed by atoms with Crippen LogP contribution in [0.15, 0.2) is 119 Å². The molecule has 4 aromatic rings.